The van der Waals surface area contributed by atoms with Crippen molar-refractivity contribution in [2.45, 2.75) is 33.4 Å². The monoisotopic (exact) mass is 415 g/mol. The van der Waals surface area contributed by atoms with E-state index in [-0.39, 0.29) is 36.1 Å². The summed E-state index contributed by atoms with van der Waals surface area (Å²) in [6, 6.07) is 8.38. The molecule has 3 N–H and O–H groups in total. The van der Waals surface area contributed by atoms with Crippen molar-refractivity contribution >= 4 is 36.4 Å². The highest BCUT2D eigenvalue weighted by molar-refractivity contribution is 5.95. The summed E-state index contributed by atoms with van der Waals surface area (Å²) in [5, 5.41) is 2.83. The number of hydrogen-bond donors (Lipinski definition) is 2. The number of nitrogens with two attached hydrogens (primary N) is 1. The molecular weight excluding hydrogens is 389 g/mol. The second kappa shape index (κ2) is 11.0. The number of carbonyl (C=O) groups is 1. The minimum atomic E-state index is -0.616. The molecule has 1 atom stereocenters. The fourth-order valence-corrected chi connectivity index (χ4v) is 2.13. The van der Waals surface area contributed by atoms with E-state index in [1.54, 1.807) is 37.7 Å². The Bertz CT molecular complexity index is 722. The van der Waals surface area contributed by atoms with Crippen LogP contribution in [0.1, 0.15) is 26.3 Å². The first-order chi connectivity index (χ1) is 11.8. The molecule has 27 heavy (non-hydrogen) atoms. The van der Waals surface area contributed by atoms with Crippen molar-refractivity contribution in [1.29, 1.82) is 0 Å². The molecule has 1 aromatic heterocycles. The number of pyridine rings is 1. The molecule has 1 aromatic carbocycles. The number of nitrogens with zero attached hydrogens (tertiary/aromatic N) is 1. The lowest BCUT2D eigenvalue weighted by Crippen LogP contribution is -2.45. The highest BCUT2D eigenvalue weighted by Crippen LogP contribution is 2.31. The quantitative estimate of drug-likeness (QED) is 0.748. The van der Waals surface area contributed by atoms with Crippen LogP contribution in [0.5, 0.6) is 11.5 Å². The van der Waals surface area contributed by atoms with Gasteiger partial charge in [0.05, 0.1) is 13.2 Å². The zero-order chi connectivity index (χ0) is 18.4. The van der Waals surface area contributed by atoms with Gasteiger partial charge in [-0.25, -0.2) is 0 Å². The van der Waals surface area contributed by atoms with E-state index >= 15 is 0 Å². The van der Waals surface area contributed by atoms with Crippen LogP contribution in [0.15, 0.2) is 42.7 Å². The van der Waals surface area contributed by atoms with Crippen molar-refractivity contribution < 1.29 is 14.3 Å². The molecule has 2 aromatic rings. The van der Waals surface area contributed by atoms with E-state index in [4.69, 9.17) is 15.2 Å². The molecule has 0 fully saturated rings. The first-order valence-electron chi connectivity index (χ1n) is 8.07. The van der Waals surface area contributed by atoms with Crippen LogP contribution < -0.4 is 20.5 Å². The number of methoxy groups -OCH3 is 1. The van der Waals surface area contributed by atoms with Gasteiger partial charge in [-0.05, 0) is 23.6 Å². The van der Waals surface area contributed by atoms with Crippen LogP contribution in [-0.4, -0.2) is 24.0 Å². The van der Waals surface area contributed by atoms with Crippen LogP contribution in [0.25, 0.3) is 0 Å². The molecule has 0 spiro atoms. The Morgan fingerprint density at radius 3 is 2.48 bits per heavy atom. The van der Waals surface area contributed by atoms with E-state index in [9.17, 15) is 4.79 Å². The van der Waals surface area contributed by atoms with Crippen LogP contribution in [-0.2, 0) is 11.4 Å². The summed E-state index contributed by atoms with van der Waals surface area (Å²) in [7, 11) is 1.57. The van der Waals surface area contributed by atoms with Crippen LogP contribution in [0.2, 0.25) is 0 Å². The maximum Gasteiger partial charge on any atom is 0.241 e. The number of benzene rings is 1. The van der Waals surface area contributed by atoms with Gasteiger partial charge < -0.3 is 20.5 Å². The Hall–Kier alpha value is -2.02. The number of amides is 1. The predicted molar refractivity (Wildman–Crippen MR) is 112 cm³/mol. The van der Waals surface area contributed by atoms with Gasteiger partial charge in [-0.3, -0.25) is 9.78 Å². The molecule has 2 rings (SSSR count). The standard InChI is InChI=1S/C19H25N3O3.2ClH/c1-19(2,3)17(20)18(23)22-14-7-8-15(24-4)16(10-14)25-12-13-6-5-9-21-11-13;;/h5-11,17H,12,20H2,1-4H3,(H,22,23);2*1H/t17-;;/m1../s1. The van der Waals surface area contributed by atoms with Crippen LogP contribution >= 0.6 is 24.8 Å². The van der Waals surface area contributed by atoms with Crippen molar-refractivity contribution in [3.63, 3.8) is 0 Å². The zero-order valence-electron chi connectivity index (χ0n) is 15.9. The number of nitrogens with one attached hydrogen (secondary N) is 1. The second-order valence-electron chi connectivity index (χ2n) is 6.85. The predicted octanol–water partition coefficient (Wildman–Crippen LogP) is 3.82. The Kier molecular flexibility index (Phi) is 10.1. The third-order valence-electron chi connectivity index (χ3n) is 3.76. The Morgan fingerprint density at radius 2 is 1.93 bits per heavy atom. The van der Waals surface area contributed by atoms with Gasteiger partial charge in [0, 0.05) is 29.7 Å². The van der Waals surface area contributed by atoms with Gasteiger partial charge in [-0.2, -0.15) is 0 Å². The SMILES string of the molecule is COc1ccc(NC(=O)[C@@H](N)C(C)(C)C)cc1OCc1cccnc1.Cl.Cl. The highest BCUT2D eigenvalue weighted by atomic mass is 35.5. The van der Waals surface area contributed by atoms with Crippen LogP contribution in [0, 0.1) is 5.41 Å². The molecule has 0 unspecified atom stereocenters. The van der Waals surface area contributed by atoms with Crippen molar-refractivity contribution in [3.8, 4) is 11.5 Å². The van der Waals surface area contributed by atoms with Crippen molar-refractivity contribution in [3.05, 3.63) is 48.3 Å². The Balaban J connectivity index is 0.00000338. The molecule has 8 heteroatoms. The molecule has 1 heterocycles. The van der Waals surface area contributed by atoms with Crippen LogP contribution in [0.3, 0.4) is 0 Å². The van der Waals surface area contributed by atoms with E-state index in [1.807, 2.05) is 32.9 Å². The number of ether oxygens (including phenoxy) is 2. The van der Waals surface area contributed by atoms with E-state index < -0.39 is 6.04 Å². The van der Waals surface area contributed by atoms with Gasteiger partial charge in [0.1, 0.15) is 6.61 Å². The van der Waals surface area contributed by atoms with Gasteiger partial charge in [-0.1, -0.05) is 26.8 Å². The minimum Gasteiger partial charge on any atom is -0.493 e. The molecule has 1 amide bonds. The number of rotatable bonds is 6. The molecule has 150 valence electrons. The van der Waals surface area contributed by atoms with E-state index in [0.717, 1.165) is 5.56 Å². The molecule has 0 aliphatic rings. The third-order valence-corrected chi connectivity index (χ3v) is 3.76. The summed E-state index contributed by atoms with van der Waals surface area (Å²) in [6.45, 7) is 6.12. The fourth-order valence-electron chi connectivity index (χ4n) is 2.13. The van der Waals surface area contributed by atoms with Gasteiger partial charge in [-0.15, -0.1) is 24.8 Å². The van der Waals surface area contributed by atoms with Crippen molar-refractivity contribution in [1.82, 2.24) is 4.98 Å². The van der Waals surface area contributed by atoms with E-state index in [0.29, 0.717) is 23.8 Å². The topological polar surface area (TPSA) is 86.5 Å². The summed E-state index contributed by atoms with van der Waals surface area (Å²) in [5.74, 6) is 0.881. The van der Waals surface area contributed by atoms with Crippen molar-refractivity contribution in [2.75, 3.05) is 12.4 Å². The average molecular weight is 416 g/mol. The number of hydrogen-bond acceptors (Lipinski definition) is 5. The number of anilines is 1. The minimum absolute atomic E-state index is 0. The maximum atomic E-state index is 12.3. The van der Waals surface area contributed by atoms with Gasteiger partial charge >= 0.3 is 0 Å². The Morgan fingerprint density at radius 1 is 1.22 bits per heavy atom. The molecule has 6 nitrogen and oxygen atoms in total. The van der Waals surface area contributed by atoms with Crippen molar-refractivity contribution in [2.24, 2.45) is 11.1 Å². The summed E-state index contributed by atoms with van der Waals surface area (Å²) in [5.41, 5.74) is 7.21. The Labute approximate surface area is 172 Å². The molecule has 0 aliphatic carbocycles. The first kappa shape index (κ1) is 25.0. The zero-order valence-corrected chi connectivity index (χ0v) is 17.5. The third kappa shape index (κ3) is 7.25. The van der Waals surface area contributed by atoms with E-state index in [1.165, 1.54) is 0 Å². The second-order valence-corrected chi connectivity index (χ2v) is 6.85. The largest absolute Gasteiger partial charge is 0.493 e. The lowest BCUT2D eigenvalue weighted by atomic mass is 9.87. The van der Waals surface area contributed by atoms with E-state index in [2.05, 4.69) is 10.3 Å². The molecule has 0 aliphatic heterocycles. The van der Waals surface area contributed by atoms with Gasteiger partial charge in [0.25, 0.3) is 0 Å². The smallest absolute Gasteiger partial charge is 0.241 e. The normalized spacial score (nSPS) is 11.4. The highest BCUT2D eigenvalue weighted by Gasteiger charge is 2.27. The van der Waals surface area contributed by atoms with Crippen LogP contribution in [0.4, 0.5) is 5.69 Å². The average Bonchev–Trinajstić information content (AvgIpc) is 2.59. The number of halogens is 2. The summed E-state index contributed by atoms with van der Waals surface area (Å²) >= 11 is 0. The summed E-state index contributed by atoms with van der Waals surface area (Å²) in [4.78, 5) is 16.3. The molecule has 0 saturated carbocycles. The molecular formula is C19H27Cl2N3O3. The molecule has 0 radical (unpaired) electrons. The lowest BCUT2D eigenvalue weighted by molar-refractivity contribution is -0.119. The molecule has 0 bridgehead atoms. The molecule has 0 saturated heterocycles. The number of aromatic nitrogens is 1. The van der Waals surface area contributed by atoms with Gasteiger partial charge in [0.2, 0.25) is 5.91 Å². The summed E-state index contributed by atoms with van der Waals surface area (Å²) in [6.07, 6.45) is 3.44. The van der Waals surface area contributed by atoms with Gasteiger partial charge in [0.15, 0.2) is 11.5 Å². The maximum absolute atomic E-state index is 12.3. The lowest BCUT2D eigenvalue weighted by Gasteiger charge is -2.26. The number of carbonyl (C=O) groups excluding carboxylic acids is 1. The fraction of sp³-hybridized carbons (Fsp3) is 0.368. The summed E-state index contributed by atoms with van der Waals surface area (Å²) < 4.78 is 11.1. The first-order valence-corrected chi connectivity index (χ1v) is 8.07.